The lowest BCUT2D eigenvalue weighted by Gasteiger charge is -2.42. The van der Waals surface area contributed by atoms with E-state index < -0.39 is 0 Å². The zero-order valence-corrected chi connectivity index (χ0v) is 21.5. The van der Waals surface area contributed by atoms with Crippen molar-refractivity contribution < 1.29 is 4.79 Å². The second-order valence-corrected chi connectivity index (χ2v) is 11.0. The first kappa shape index (κ1) is 23.9. The summed E-state index contributed by atoms with van der Waals surface area (Å²) in [7, 11) is 0. The molecule has 3 aromatic heterocycles. The molecule has 2 fully saturated rings. The second kappa shape index (κ2) is 10.9. The lowest BCUT2D eigenvalue weighted by molar-refractivity contribution is -0.122. The van der Waals surface area contributed by atoms with Gasteiger partial charge < -0.3 is 10.2 Å². The second-order valence-electron chi connectivity index (χ2n) is 9.99. The Balaban J connectivity index is 1.33. The van der Waals surface area contributed by atoms with Crippen LogP contribution in [0.15, 0.2) is 42.3 Å². The van der Waals surface area contributed by atoms with Crippen molar-refractivity contribution in [3.63, 3.8) is 0 Å². The summed E-state index contributed by atoms with van der Waals surface area (Å²) >= 11 is 1.81. The first-order valence-electron chi connectivity index (χ1n) is 12.7. The van der Waals surface area contributed by atoms with Crippen molar-refractivity contribution in [1.29, 1.82) is 0 Å². The summed E-state index contributed by atoms with van der Waals surface area (Å²) in [6.07, 6.45) is 9.38. The van der Waals surface area contributed by atoms with Gasteiger partial charge in [-0.2, -0.15) is 4.98 Å². The average molecular weight is 494 g/mol. The minimum atomic E-state index is 0.150. The monoisotopic (exact) mass is 493 g/mol. The van der Waals surface area contributed by atoms with E-state index >= 15 is 0 Å². The predicted octanol–water partition coefficient (Wildman–Crippen LogP) is 3.50. The molecule has 1 aliphatic heterocycles. The van der Waals surface area contributed by atoms with E-state index in [9.17, 15) is 4.79 Å². The number of hydrogen-bond donors (Lipinski definition) is 1. The van der Waals surface area contributed by atoms with Gasteiger partial charge in [-0.1, -0.05) is 19.9 Å². The fourth-order valence-electron chi connectivity index (χ4n) is 4.55. The molecule has 8 nitrogen and oxygen atoms in total. The summed E-state index contributed by atoms with van der Waals surface area (Å²) in [5, 5.41) is 5.30. The average Bonchev–Trinajstić information content (AvgIpc) is 3.29. The number of hydrogen-bond acceptors (Lipinski definition) is 7. The quantitative estimate of drug-likeness (QED) is 0.466. The number of carbonyl (C=O) groups is 1. The van der Waals surface area contributed by atoms with Crippen LogP contribution in [0.5, 0.6) is 0 Å². The van der Waals surface area contributed by atoms with Gasteiger partial charge in [0.05, 0.1) is 5.69 Å². The van der Waals surface area contributed by atoms with Crippen LogP contribution in [0, 0.1) is 5.92 Å². The molecule has 35 heavy (non-hydrogen) atoms. The fraction of sp³-hybridized carbons (Fsp3) is 0.538. The van der Waals surface area contributed by atoms with E-state index in [1.807, 2.05) is 10.8 Å². The maximum absolute atomic E-state index is 12.8. The van der Waals surface area contributed by atoms with Crippen LogP contribution in [0.4, 0.5) is 5.82 Å². The number of nitrogens with one attached hydrogen (secondary N) is 1. The van der Waals surface area contributed by atoms with E-state index in [-0.39, 0.29) is 17.9 Å². The van der Waals surface area contributed by atoms with Crippen LogP contribution in [-0.2, 0) is 11.2 Å². The summed E-state index contributed by atoms with van der Waals surface area (Å²) in [6, 6.07) is 6.57. The molecule has 9 heteroatoms. The number of aromatic nitrogens is 4. The molecule has 0 spiro atoms. The van der Waals surface area contributed by atoms with Crippen LogP contribution < -0.4 is 10.2 Å². The van der Waals surface area contributed by atoms with Gasteiger partial charge in [0.15, 0.2) is 0 Å². The highest BCUT2D eigenvalue weighted by Gasteiger charge is 2.30. The molecule has 1 saturated heterocycles. The van der Waals surface area contributed by atoms with Crippen LogP contribution in [0.25, 0.3) is 5.95 Å². The van der Waals surface area contributed by atoms with E-state index in [1.54, 1.807) is 23.9 Å². The molecule has 1 aliphatic carbocycles. The Morgan fingerprint density at radius 1 is 1.26 bits per heavy atom. The van der Waals surface area contributed by atoms with E-state index in [2.05, 4.69) is 57.5 Å². The molecule has 3 aromatic rings. The zero-order chi connectivity index (χ0) is 24.2. The van der Waals surface area contributed by atoms with Crippen LogP contribution in [0.1, 0.15) is 49.6 Å². The predicted molar refractivity (Wildman–Crippen MR) is 139 cm³/mol. The van der Waals surface area contributed by atoms with Crippen LogP contribution >= 0.6 is 11.3 Å². The van der Waals surface area contributed by atoms with Gasteiger partial charge in [-0.15, -0.1) is 11.3 Å². The topological polar surface area (TPSA) is 79.2 Å². The van der Waals surface area contributed by atoms with Gasteiger partial charge >= 0.3 is 0 Å². The SMILES string of the molecule is CC(C)c1cc(N2CCN(CCc3cccs3)C(CC(=O)NCC3CC3)C2)nc(-n2ccnc2)n1. The van der Waals surface area contributed by atoms with Crippen LogP contribution in [0.3, 0.4) is 0 Å². The summed E-state index contributed by atoms with van der Waals surface area (Å²) in [5.41, 5.74) is 1.01. The maximum Gasteiger partial charge on any atom is 0.237 e. The molecule has 1 amide bonds. The van der Waals surface area contributed by atoms with Crippen molar-refractivity contribution in [2.75, 3.05) is 37.6 Å². The molecular formula is C26H35N7OS. The molecule has 5 rings (SSSR count). The lowest BCUT2D eigenvalue weighted by atomic mass is 10.1. The Morgan fingerprint density at radius 3 is 2.86 bits per heavy atom. The Bertz CT molecular complexity index is 1100. The third-order valence-electron chi connectivity index (χ3n) is 6.91. The van der Waals surface area contributed by atoms with Crippen LogP contribution in [0.2, 0.25) is 0 Å². The molecule has 2 aliphatic rings. The number of thiophene rings is 1. The third kappa shape index (κ3) is 6.27. The van der Waals surface area contributed by atoms with E-state index in [0.717, 1.165) is 50.7 Å². The first-order valence-corrected chi connectivity index (χ1v) is 13.6. The van der Waals surface area contributed by atoms with Gasteiger partial charge in [0, 0.05) is 68.5 Å². The standard InChI is InChI=1S/C26H35N7OS/c1-19(2)23-15-24(30-26(29-23)33-10-8-27-18-33)32-12-11-31(9-7-22-4-3-13-35-22)21(17-32)14-25(34)28-16-20-5-6-20/h3-4,8,10,13,15,18-21H,5-7,9,11-12,14,16-17H2,1-2H3,(H,28,34). The Hall–Kier alpha value is -2.78. The van der Waals surface area contributed by atoms with E-state index in [4.69, 9.17) is 9.97 Å². The van der Waals surface area contributed by atoms with Gasteiger partial charge in [-0.3, -0.25) is 14.3 Å². The van der Waals surface area contributed by atoms with Gasteiger partial charge in [0.25, 0.3) is 0 Å². The number of piperazine rings is 1. The molecule has 1 N–H and O–H groups in total. The largest absolute Gasteiger partial charge is 0.356 e. The number of imidazole rings is 1. The molecule has 0 radical (unpaired) electrons. The number of carbonyl (C=O) groups excluding carboxylic acids is 1. The zero-order valence-electron chi connectivity index (χ0n) is 20.6. The van der Waals surface area contributed by atoms with Crippen LogP contribution in [-0.4, -0.2) is 69.1 Å². The van der Waals surface area contributed by atoms with Gasteiger partial charge in [-0.25, -0.2) is 9.97 Å². The van der Waals surface area contributed by atoms with Gasteiger partial charge in [0.2, 0.25) is 11.9 Å². The summed E-state index contributed by atoms with van der Waals surface area (Å²) in [4.78, 5) is 32.9. The van der Waals surface area contributed by atoms with E-state index in [0.29, 0.717) is 18.3 Å². The first-order chi connectivity index (χ1) is 17.0. The number of nitrogens with zero attached hydrogens (tertiary/aromatic N) is 6. The fourth-order valence-corrected chi connectivity index (χ4v) is 5.25. The van der Waals surface area contributed by atoms with Gasteiger partial charge in [0.1, 0.15) is 12.1 Å². The lowest BCUT2D eigenvalue weighted by Crippen LogP contribution is -2.55. The highest BCUT2D eigenvalue weighted by atomic mass is 32.1. The number of anilines is 1. The molecular weight excluding hydrogens is 458 g/mol. The van der Waals surface area contributed by atoms with Crippen molar-refractivity contribution in [2.24, 2.45) is 5.92 Å². The normalized spacial score (nSPS) is 18.8. The minimum absolute atomic E-state index is 0.150. The molecule has 0 aromatic carbocycles. The maximum atomic E-state index is 12.8. The Labute approximate surface area is 211 Å². The highest BCUT2D eigenvalue weighted by Crippen LogP contribution is 2.28. The number of amides is 1. The Kier molecular flexibility index (Phi) is 7.43. The summed E-state index contributed by atoms with van der Waals surface area (Å²) in [6.45, 7) is 8.66. The smallest absolute Gasteiger partial charge is 0.237 e. The van der Waals surface area contributed by atoms with E-state index in [1.165, 1.54) is 17.7 Å². The third-order valence-corrected chi connectivity index (χ3v) is 7.84. The molecule has 0 bridgehead atoms. The molecule has 1 atom stereocenters. The van der Waals surface area contributed by atoms with Crippen molar-refractivity contribution >= 4 is 23.1 Å². The van der Waals surface area contributed by atoms with Crippen molar-refractivity contribution in [3.8, 4) is 5.95 Å². The molecule has 1 saturated carbocycles. The highest BCUT2D eigenvalue weighted by molar-refractivity contribution is 7.09. The summed E-state index contributed by atoms with van der Waals surface area (Å²) in [5.74, 6) is 2.70. The number of rotatable bonds is 10. The summed E-state index contributed by atoms with van der Waals surface area (Å²) < 4.78 is 1.86. The van der Waals surface area contributed by atoms with Crippen molar-refractivity contribution in [2.45, 2.75) is 51.5 Å². The Morgan fingerprint density at radius 2 is 2.14 bits per heavy atom. The van der Waals surface area contributed by atoms with Crippen molar-refractivity contribution in [3.05, 3.63) is 52.9 Å². The molecule has 186 valence electrons. The minimum Gasteiger partial charge on any atom is -0.356 e. The molecule has 1 unspecified atom stereocenters. The van der Waals surface area contributed by atoms with Crippen molar-refractivity contribution in [1.82, 2.24) is 29.7 Å². The van der Waals surface area contributed by atoms with Gasteiger partial charge in [-0.05, 0) is 42.5 Å². The molecule has 4 heterocycles.